The normalized spacial score (nSPS) is 12.5. The number of aliphatic hydroxyl groups excluding tert-OH is 1. The van der Waals surface area contributed by atoms with Crippen molar-refractivity contribution in [3.05, 3.63) is 29.8 Å². The van der Waals surface area contributed by atoms with E-state index in [0.29, 0.717) is 13.0 Å². The summed E-state index contributed by atoms with van der Waals surface area (Å²) in [6.45, 7) is 2.67. The van der Waals surface area contributed by atoms with E-state index in [-0.39, 0.29) is 12.6 Å². The molecule has 1 unspecified atom stereocenters. The van der Waals surface area contributed by atoms with E-state index in [4.69, 9.17) is 15.6 Å². The Balaban J connectivity index is 2.43. The van der Waals surface area contributed by atoms with Gasteiger partial charge in [0, 0.05) is 12.6 Å². The van der Waals surface area contributed by atoms with Crippen LogP contribution >= 0.6 is 0 Å². The Morgan fingerprint density at radius 3 is 2.93 bits per heavy atom. The van der Waals surface area contributed by atoms with Crippen LogP contribution in [0.3, 0.4) is 0 Å². The quantitative estimate of drug-likeness (QED) is 0.743. The number of benzene rings is 1. The summed E-state index contributed by atoms with van der Waals surface area (Å²) in [5.41, 5.74) is 6.97. The molecule has 0 radical (unpaired) electrons. The smallest absolute Gasteiger partial charge is 0.119 e. The molecule has 0 saturated carbocycles. The van der Waals surface area contributed by atoms with Crippen molar-refractivity contribution in [3.63, 3.8) is 0 Å². The van der Waals surface area contributed by atoms with Crippen LogP contribution in [-0.4, -0.2) is 24.4 Å². The average molecular weight is 209 g/mol. The molecule has 3 N–H and O–H groups in total. The second-order valence-corrected chi connectivity index (χ2v) is 3.58. The highest BCUT2D eigenvalue weighted by Gasteiger charge is 2.02. The Bertz CT molecular complexity index is 289. The maximum atomic E-state index is 8.68. The van der Waals surface area contributed by atoms with Gasteiger partial charge >= 0.3 is 0 Å². The minimum atomic E-state index is -0.0970. The Labute approximate surface area is 90.9 Å². The molecule has 3 nitrogen and oxygen atoms in total. The van der Waals surface area contributed by atoms with Crippen molar-refractivity contribution in [2.24, 2.45) is 5.73 Å². The summed E-state index contributed by atoms with van der Waals surface area (Å²) in [4.78, 5) is 0. The molecule has 0 spiro atoms. The van der Waals surface area contributed by atoms with Crippen LogP contribution in [-0.2, 0) is 6.42 Å². The summed E-state index contributed by atoms with van der Waals surface area (Å²) in [7, 11) is 0. The summed E-state index contributed by atoms with van der Waals surface area (Å²) in [5.74, 6) is 0.850. The van der Waals surface area contributed by atoms with Gasteiger partial charge in [0.25, 0.3) is 0 Å². The molecule has 15 heavy (non-hydrogen) atoms. The highest BCUT2D eigenvalue weighted by molar-refractivity contribution is 5.28. The minimum Gasteiger partial charge on any atom is -0.492 e. The zero-order valence-electron chi connectivity index (χ0n) is 9.15. The monoisotopic (exact) mass is 209 g/mol. The lowest BCUT2D eigenvalue weighted by molar-refractivity contribution is 0.233. The molecule has 1 atom stereocenters. The van der Waals surface area contributed by atoms with Crippen LogP contribution in [0.1, 0.15) is 18.9 Å². The van der Waals surface area contributed by atoms with E-state index in [2.05, 4.69) is 13.0 Å². The fraction of sp³-hybridized carbons (Fsp3) is 0.500. The van der Waals surface area contributed by atoms with Crippen LogP contribution in [0.4, 0.5) is 0 Å². The topological polar surface area (TPSA) is 55.5 Å². The van der Waals surface area contributed by atoms with Gasteiger partial charge in [0.05, 0.1) is 0 Å². The van der Waals surface area contributed by atoms with Crippen LogP contribution in [0.25, 0.3) is 0 Å². The van der Waals surface area contributed by atoms with Gasteiger partial charge in [-0.2, -0.15) is 0 Å². The molecule has 0 fully saturated rings. The molecule has 0 bridgehead atoms. The standard InChI is InChI=1S/C12H19NO2/c1-2-10-4-3-5-12(8-10)15-9-11(13)6-7-14/h3-5,8,11,14H,2,6-7,9,13H2,1H3. The first kappa shape index (κ1) is 12.0. The largest absolute Gasteiger partial charge is 0.492 e. The number of rotatable bonds is 6. The van der Waals surface area contributed by atoms with Crippen molar-refractivity contribution in [1.82, 2.24) is 0 Å². The summed E-state index contributed by atoms with van der Waals surface area (Å²) < 4.78 is 5.53. The molecule has 0 heterocycles. The second kappa shape index (κ2) is 6.43. The summed E-state index contributed by atoms with van der Waals surface area (Å²) in [6.07, 6.45) is 1.58. The number of aryl methyl sites for hydroxylation is 1. The Kier molecular flexibility index (Phi) is 5.15. The number of aliphatic hydroxyl groups is 1. The third kappa shape index (κ3) is 4.32. The van der Waals surface area contributed by atoms with E-state index in [1.54, 1.807) is 0 Å². The SMILES string of the molecule is CCc1cccc(OCC(N)CCO)c1. The molecule has 0 aliphatic heterocycles. The van der Waals surface area contributed by atoms with Gasteiger partial charge < -0.3 is 15.6 Å². The van der Waals surface area contributed by atoms with E-state index >= 15 is 0 Å². The van der Waals surface area contributed by atoms with Crippen molar-refractivity contribution in [2.45, 2.75) is 25.8 Å². The summed E-state index contributed by atoms with van der Waals surface area (Å²) in [6, 6.07) is 7.89. The van der Waals surface area contributed by atoms with Gasteiger partial charge in [0.2, 0.25) is 0 Å². The van der Waals surface area contributed by atoms with Crippen molar-refractivity contribution in [3.8, 4) is 5.75 Å². The van der Waals surface area contributed by atoms with Crippen molar-refractivity contribution in [2.75, 3.05) is 13.2 Å². The van der Waals surface area contributed by atoms with E-state index in [1.807, 2.05) is 18.2 Å². The number of hydrogen-bond donors (Lipinski definition) is 2. The van der Waals surface area contributed by atoms with Crippen molar-refractivity contribution in [1.29, 1.82) is 0 Å². The third-order valence-corrected chi connectivity index (χ3v) is 2.27. The zero-order chi connectivity index (χ0) is 11.1. The van der Waals surface area contributed by atoms with E-state index < -0.39 is 0 Å². The Morgan fingerprint density at radius 1 is 1.47 bits per heavy atom. The minimum absolute atomic E-state index is 0.0970. The highest BCUT2D eigenvalue weighted by atomic mass is 16.5. The van der Waals surface area contributed by atoms with Gasteiger partial charge in [-0.3, -0.25) is 0 Å². The predicted octanol–water partition coefficient (Wildman–Crippen LogP) is 1.34. The number of ether oxygens (including phenoxy) is 1. The van der Waals surface area contributed by atoms with Gasteiger partial charge in [-0.25, -0.2) is 0 Å². The predicted molar refractivity (Wildman–Crippen MR) is 61.0 cm³/mol. The van der Waals surface area contributed by atoms with Crippen molar-refractivity contribution < 1.29 is 9.84 Å². The molecule has 0 aromatic heterocycles. The Morgan fingerprint density at radius 2 is 2.27 bits per heavy atom. The molecule has 1 rings (SSSR count). The summed E-state index contributed by atoms with van der Waals surface area (Å²) >= 11 is 0. The van der Waals surface area contributed by atoms with E-state index in [0.717, 1.165) is 12.2 Å². The van der Waals surface area contributed by atoms with E-state index in [9.17, 15) is 0 Å². The third-order valence-electron chi connectivity index (χ3n) is 2.27. The van der Waals surface area contributed by atoms with Crippen LogP contribution in [0.15, 0.2) is 24.3 Å². The van der Waals surface area contributed by atoms with Gasteiger partial charge in [0.15, 0.2) is 0 Å². The molecule has 0 amide bonds. The average Bonchev–Trinajstić information content (AvgIpc) is 2.27. The number of hydrogen-bond acceptors (Lipinski definition) is 3. The lowest BCUT2D eigenvalue weighted by Crippen LogP contribution is -2.28. The second-order valence-electron chi connectivity index (χ2n) is 3.58. The summed E-state index contributed by atoms with van der Waals surface area (Å²) in [5, 5.41) is 8.68. The van der Waals surface area contributed by atoms with Gasteiger partial charge in [-0.1, -0.05) is 19.1 Å². The zero-order valence-corrected chi connectivity index (χ0v) is 9.15. The van der Waals surface area contributed by atoms with E-state index in [1.165, 1.54) is 5.56 Å². The molecular weight excluding hydrogens is 190 g/mol. The first-order valence-electron chi connectivity index (χ1n) is 5.34. The number of nitrogens with two attached hydrogens (primary N) is 1. The van der Waals surface area contributed by atoms with Gasteiger partial charge in [0.1, 0.15) is 12.4 Å². The van der Waals surface area contributed by atoms with Crippen molar-refractivity contribution >= 4 is 0 Å². The molecule has 3 heteroatoms. The van der Waals surface area contributed by atoms with Crippen LogP contribution < -0.4 is 10.5 Å². The molecule has 0 aliphatic carbocycles. The first-order chi connectivity index (χ1) is 7.26. The Hall–Kier alpha value is -1.06. The highest BCUT2D eigenvalue weighted by Crippen LogP contribution is 2.13. The first-order valence-corrected chi connectivity index (χ1v) is 5.34. The molecule has 1 aromatic rings. The molecule has 84 valence electrons. The lowest BCUT2D eigenvalue weighted by Gasteiger charge is -2.12. The molecule has 1 aromatic carbocycles. The van der Waals surface area contributed by atoms with Crippen LogP contribution in [0.2, 0.25) is 0 Å². The molecule has 0 aliphatic rings. The maximum absolute atomic E-state index is 8.68. The van der Waals surface area contributed by atoms with Crippen LogP contribution in [0.5, 0.6) is 5.75 Å². The fourth-order valence-corrected chi connectivity index (χ4v) is 1.31. The van der Waals surface area contributed by atoms with Crippen LogP contribution in [0, 0.1) is 0 Å². The lowest BCUT2D eigenvalue weighted by atomic mass is 10.2. The maximum Gasteiger partial charge on any atom is 0.119 e. The molecule has 0 saturated heterocycles. The fourth-order valence-electron chi connectivity index (χ4n) is 1.31. The molecular formula is C12H19NO2. The van der Waals surface area contributed by atoms with Gasteiger partial charge in [-0.05, 0) is 30.5 Å². The van der Waals surface area contributed by atoms with Gasteiger partial charge in [-0.15, -0.1) is 0 Å².